The molecule has 0 aliphatic rings. The van der Waals surface area contributed by atoms with Gasteiger partial charge in [0.05, 0.1) is 10.6 Å². The van der Waals surface area contributed by atoms with E-state index in [2.05, 4.69) is 5.32 Å². The highest BCUT2D eigenvalue weighted by molar-refractivity contribution is 7.21. The highest BCUT2D eigenvalue weighted by Gasteiger charge is 2.24. The number of thiophene rings is 1. The van der Waals surface area contributed by atoms with Crippen molar-refractivity contribution >= 4 is 44.9 Å². The zero-order chi connectivity index (χ0) is 17.4. The number of carbonyl (C=O) groups excluding carboxylic acids is 1. The third-order valence-corrected chi connectivity index (χ3v) is 3.86. The van der Waals surface area contributed by atoms with Crippen LogP contribution in [0.2, 0.25) is 0 Å². The maximum absolute atomic E-state index is 11.9. The number of rotatable bonds is 3. The minimum Gasteiger partial charge on any atom is -0.477 e. The van der Waals surface area contributed by atoms with Crippen LogP contribution in [0.4, 0.5) is 16.2 Å². The molecule has 9 heteroatoms. The zero-order valence-electron chi connectivity index (χ0n) is 12.6. The Balaban J connectivity index is 2.52. The van der Waals surface area contributed by atoms with Gasteiger partial charge in [0, 0.05) is 22.2 Å². The number of ether oxygens (including phenoxy) is 1. The summed E-state index contributed by atoms with van der Waals surface area (Å²) in [4.78, 5) is 33.4. The fraction of sp³-hybridized carbons (Fsp3) is 0.286. The number of fused-ring (bicyclic) bond motifs is 1. The lowest BCUT2D eigenvalue weighted by molar-refractivity contribution is -0.384. The van der Waals surface area contributed by atoms with Crippen LogP contribution in [-0.2, 0) is 4.74 Å². The van der Waals surface area contributed by atoms with Crippen LogP contribution in [0, 0.1) is 10.1 Å². The number of nitro groups is 1. The first-order valence-electron chi connectivity index (χ1n) is 6.53. The summed E-state index contributed by atoms with van der Waals surface area (Å²) in [5.74, 6) is -1.24. The lowest BCUT2D eigenvalue weighted by Crippen LogP contribution is -2.27. The van der Waals surface area contributed by atoms with Gasteiger partial charge in [0.2, 0.25) is 0 Å². The van der Waals surface area contributed by atoms with E-state index < -0.39 is 22.6 Å². The lowest BCUT2D eigenvalue weighted by atomic mass is 10.2. The van der Waals surface area contributed by atoms with E-state index in [1.807, 2.05) is 0 Å². The second kappa shape index (κ2) is 5.84. The first-order valence-corrected chi connectivity index (χ1v) is 7.34. The Labute approximate surface area is 134 Å². The van der Waals surface area contributed by atoms with E-state index in [4.69, 9.17) is 4.74 Å². The maximum atomic E-state index is 11.9. The number of nitrogens with zero attached hydrogens (tertiary/aromatic N) is 1. The third kappa shape index (κ3) is 3.75. The Kier molecular flexibility index (Phi) is 4.24. The first kappa shape index (κ1) is 16.7. The molecule has 0 saturated carbocycles. The van der Waals surface area contributed by atoms with Crippen LogP contribution in [0.3, 0.4) is 0 Å². The van der Waals surface area contributed by atoms with E-state index >= 15 is 0 Å². The summed E-state index contributed by atoms with van der Waals surface area (Å²) >= 11 is 0.920. The van der Waals surface area contributed by atoms with Crippen molar-refractivity contribution in [3.05, 3.63) is 33.2 Å². The standard InChI is InChI=1S/C14H14N2O6S/c1-14(2,3)22-13(19)15-10-8-6-7(16(20)21)4-5-9(8)23-11(10)12(17)18/h4-6H,1-3H3,(H,15,19)(H,17,18). The molecule has 2 N–H and O–H groups in total. The Morgan fingerprint density at radius 2 is 2.00 bits per heavy atom. The third-order valence-electron chi connectivity index (χ3n) is 2.70. The van der Waals surface area contributed by atoms with Gasteiger partial charge in [-0.1, -0.05) is 0 Å². The monoisotopic (exact) mass is 338 g/mol. The average Bonchev–Trinajstić information content (AvgIpc) is 2.74. The number of amides is 1. The Morgan fingerprint density at radius 1 is 1.35 bits per heavy atom. The molecule has 0 atom stereocenters. The number of non-ortho nitro benzene ring substituents is 1. The molecule has 0 fully saturated rings. The predicted molar refractivity (Wildman–Crippen MR) is 85.3 cm³/mol. The molecule has 1 aromatic carbocycles. The molecule has 1 aromatic heterocycles. The maximum Gasteiger partial charge on any atom is 0.412 e. The van der Waals surface area contributed by atoms with Crippen molar-refractivity contribution in [2.24, 2.45) is 0 Å². The van der Waals surface area contributed by atoms with Crippen molar-refractivity contribution in [2.45, 2.75) is 26.4 Å². The summed E-state index contributed by atoms with van der Waals surface area (Å²) in [6.45, 7) is 5.00. The second-order valence-corrected chi connectivity index (χ2v) is 6.73. The number of aromatic carboxylic acids is 1. The van der Waals surface area contributed by atoms with Crippen molar-refractivity contribution < 1.29 is 24.4 Å². The molecular weight excluding hydrogens is 324 g/mol. The van der Waals surface area contributed by atoms with Crippen LogP contribution >= 0.6 is 11.3 Å². The largest absolute Gasteiger partial charge is 0.477 e. The number of benzene rings is 1. The molecule has 0 unspecified atom stereocenters. The fourth-order valence-electron chi connectivity index (χ4n) is 1.88. The summed E-state index contributed by atoms with van der Waals surface area (Å²) in [6, 6.07) is 3.96. The number of hydrogen-bond donors (Lipinski definition) is 2. The van der Waals surface area contributed by atoms with Gasteiger partial charge in [-0.2, -0.15) is 0 Å². The van der Waals surface area contributed by atoms with Crippen LogP contribution in [0.1, 0.15) is 30.4 Å². The Hall–Kier alpha value is -2.68. The summed E-state index contributed by atoms with van der Waals surface area (Å²) < 4.78 is 5.61. The molecule has 1 heterocycles. The van der Waals surface area contributed by atoms with Crippen LogP contribution in [0.25, 0.3) is 10.1 Å². The van der Waals surface area contributed by atoms with Gasteiger partial charge in [-0.25, -0.2) is 9.59 Å². The van der Waals surface area contributed by atoms with Gasteiger partial charge in [0.25, 0.3) is 5.69 Å². The predicted octanol–water partition coefficient (Wildman–Crippen LogP) is 3.85. The Morgan fingerprint density at radius 3 is 2.52 bits per heavy atom. The molecule has 23 heavy (non-hydrogen) atoms. The van der Waals surface area contributed by atoms with Crippen LogP contribution < -0.4 is 5.32 Å². The number of carbonyl (C=O) groups is 2. The van der Waals surface area contributed by atoms with Crippen molar-refractivity contribution in [3.63, 3.8) is 0 Å². The number of nitro benzene ring substituents is 1. The number of carboxylic acid groups (broad SMARTS) is 1. The highest BCUT2D eigenvalue weighted by atomic mass is 32.1. The Bertz CT molecular complexity index is 805. The van der Waals surface area contributed by atoms with Gasteiger partial charge < -0.3 is 9.84 Å². The van der Waals surface area contributed by atoms with E-state index in [9.17, 15) is 24.8 Å². The van der Waals surface area contributed by atoms with E-state index in [0.29, 0.717) is 4.70 Å². The van der Waals surface area contributed by atoms with Crippen molar-refractivity contribution in [3.8, 4) is 0 Å². The molecule has 0 aliphatic carbocycles. The van der Waals surface area contributed by atoms with Crippen LogP contribution in [0.5, 0.6) is 0 Å². The van der Waals surface area contributed by atoms with E-state index in [1.54, 1.807) is 20.8 Å². The molecule has 1 amide bonds. The van der Waals surface area contributed by atoms with Crippen molar-refractivity contribution in [2.75, 3.05) is 5.32 Å². The minimum absolute atomic E-state index is 0.00421. The quantitative estimate of drug-likeness (QED) is 0.648. The van der Waals surface area contributed by atoms with Gasteiger partial charge in [0.1, 0.15) is 10.5 Å². The summed E-state index contributed by atoms with van der Waals surface area (Å²) in [5.41, 5.74) is -0.958. The molecule has 0 radical (unpaired) electrons. The molecule has 0 spiro atoms. The number of hydrogen-bond acceptors (Lipinski definition) is 6. The van der Waals surface area contributed by atoms with Gasteiger partial charge in [-0.3, -0.25) is 15.4 Å². The van der Waals surface area contributed by atoms with Gasteiger partial charge in [0.15, 0.2) is 0 Å². The van der Waals surface area contributed by atoms with Gasteiger partial charge >= 0.3 is 12.1 Å². The number of nitrogens with one attached hydrogen (secondary N) is 1. The van der Waals surface area contributed by atoms with Crippen LogP contribution in [-0.4, -0.2) is 27.7 Å². The molecule has 8 nitrogen and oxygen atoms in total. The second-order valence-electron chi connectivity index (χ2n) is 5.68. The lowest BCUT2D eigenvalue weighted by Gasteiger charge is -2.19. The highest BCUT2D eigenvalue weighted by Crippen LogP contribution is 2.38. The first-order chi connectivity index (χ1) is 10.6. The van der Waals surface area contributed by atoms with Gasteiger partial charge in [-0.05, 0) is 26.8 Å². The zero-order valence-corrected chi connectivity index (χ0v) is 13.4. The topological polar surface area (TPSA) is 119 Å². The van der Waals surface area contributed by atoms with Crippen molar-refractivity contribution in [1.82, 2.24) is 0 Å². The SMILES string of the molecule is CC(C)(C)OC(=O)Nc1c(C(=O)O)sc2ccc([N+](=O)[O-])cc12. The summed E-state index contributed by atoms with van der Waals surface area (Å²) in [5, 5.41) is 22.8. The fourth-order valence-corrected chi connectivity index (χ4v) is 2.86. The normalized spacial score (nSPS) is 11.3. The van der Waals surface area contributed by atoms with E-state index in [1.165, 1.54) is 18.2 Å². The molecule has 0 aliphatic heterocycles. The van der Waals surface area contributed by atoms with Gasteiger partial charge in [-0.15, -0.1) is 11.3 Å². The summed E-state index contributed by atoms with van der Waals surface area (Å²) in [6.07, 6.45) is -0.828. The minimum atomic E-state index is -1.24. The van der Waals surface area contributed by atoms with Crippen LogP contribution in [0.15, 0.2) is 18.2 Å². The number of anilines is 1. The molecule has 2 rings (SSSR count). The molecule has 122 valence electrons. The smallest absolute Gasteiger partial charge is 0.412 e. The van der Waals surface area contributed by atoms with E-state index in [0.717, 1.165) is 11.3 Å². The number of carboxylic acids is 1. The molecule has 2 aromatic rings. The summed E-state index contributed by atoms with van der Waals surface area (Å²) in [7, 11) is 0. The molecule has 0 bridgehead atoms. The molecule has 0 saturated heterocycles. The van der Waals surface area contributed by atoms with Crippen molar-refractivity contribution in [1.29, 1.82) is 0 Å². The average molecular weight is 338 g/mol. The van der Waals surface area contributed by atoms with E-state index in [-0.39, 0.29) is 21.6 Å². The molecular formula is C14H14N2O6S.